The highest BCUT2D eigenvalue weighted by molar-refractivity contribution is 5.84. The molecule has 28 heavy (non-hydrogen) atoms. The fourth-order valence-electron chi connectivity index (χ4n) is 6.16. The molecule has 0 spiro atoms. The smallest absolute Gasteiger partial charge is 0.411 e. The van der Waals surface area contributed by atoms with E-state index in [1.807, 2.05) is 0 Å². The lowest BCUT2D eigenvalue weighted by Gasteiger charge is -2.35. The molecule has 2 amide bonds. The van der Waals surface area contributed by atoms with Crippen LogP contribution in [0.25, 0.3) is 0 Å². The van der Waals surface area contributed by atoms with E-state index in [9.17, 15) is 9.59 Å². The van der Waals surface area contributed by atoms with Gasteiger partial charge < -0.3 is 4.74 Å². The number of carbonyl (C=O) groups is 2. The van der Waals surface area contributed by atoms with Gasteiger partial charge in [0, 0.05) is 5.69 Å². The maximum Gasteiger partial charge on any atom is 0.411 e. The molecule has 1 aromatic carbocycles. The summed E-state index contributed by atoms with van der Waals surface area (Å²) in [5, 5.41) is 11.3. The van der Waals surface area contributed by atoms with Gasteiger partial charge in [-0.1, -0.05) is 25.0 Å². The number of carbonyl (C=O) groups excluding carboxylic acids is 2. The Kier molecular flexibility index (Phi) is 5.58. The van der Waals surface area contributed by atoms with Crippen molar-refractivity contribution in [3.8, 4) is 0 Å². The third-order valence-corrected chi connectivity index (χ3v) is 7.33. The molecule has 4 unspecified atom stereocenters. The van der Waals surface area contributed by atoms with Crippen LogP contribution in [0.5, 0.6) is 0 Å². The Morgan fingerprint density at radius 3 is 2.71 bits per heavy atom. The molecular weight excluding hydrogens is 356 g/mol. The van der Waals surface area contributed by atoms with Crippen molar-refractivity contribution in [2.75, 3.05) is 11.9 Å². The van der Waals surface area contributed by atoms with Crippen molar-refractivity contribution in [2.45, 2.75) is 57.8 Å². The van der Waals surface area contributed by atoms with Gasteiger partial charge in [0.1, 0.15) is 0 Å². The van der Waals surface area contributed by atoms with Crippen molar-refractivity contribution in [3.63, 3.8) is 0 Å². The topological polar surface area (TPSA) is 87.7 Å². The lowest BCUT2D eigenvalue weighted by molar-refractivity contribution is -0.128. The first-order valence-electron chi connectivity index (χ1n) is 10.5. The minimum absolute atomic E-state index is 0.0890. The van der Waals surface area contributed by atoms with E-state index in [1.54, 1.807) is 29.7 Å². The summed E-state index contributed by atoms with van der Waals surface area (Å²) in [7, 11) is 0. The van der Waals surface area contributed by atoms with Gasteiger partial charge >= 0.3 is 6.09 Å². The van der Waals surface area contributed by atoms with Gasteiger partial charge in [0.2, 0.25) is 5.91 Å². The van der Waals surface area contributed by atoms with Gasteiger partial charge in [0.25, 0.3) is 0 Å². The van der Waals surface area contributed by atoms with Crippen LogP contribution in [0.15, 0.2) is 24.3 Å². The molecule has 6 nitrogen and oxygen atoms in total. The van der Waals surface area contributed by atoms with Crippen molar-refractivity contribution in [2.24, 2.45) is 23.2 Å². The first kappa shape index (κ1) is 19.2. The second-order valence-electron chi connectivity index (χ2n) is 8.93. The van der Waals surface area contributed by atoms with Gasteiger partial charge in [-0.3, -0.25) is 15.3 Å². The quantitative estimate of drug-likeness (QED) is 0.371. The lowest BCUT2D eigenvalue weighted by atomic mass is 9.70. The zero-order chi connectivity index (χ0) is 19.6. The Morgan fingerprint density at radius 1 is 1.14 bits per heavy atom. The largest absolute Gasteiger partial charge is 0.449 e. The van der Waals surface area contributed by atoms with Crippen molar-refractivity contribution < 1.29 is 19.5 Å². The minimum atomic E-state index is -0.473. The molecule has 152 valence electrons. The first-order chi connectivity index (χ1) is 13.6. The normalized spacial score (nSPS) is 30.1. The average Bonchev–Trinajstić information content (AvgIpc) is 3.07. The van der Waals surface area contributed by atoms with Crippen molar-refractivity contribution in [3.05, 3.63) is 29.8 Å². The number of hydroxylamine groups is 1. The van der Waals surface area contributed by atoms with Crippen LogP contribution >= 0.6 is 0 Å². The summed E-state index contributed by atoms with van der Waals surface area (Å²) in [5.74, 6) is 2.38. The molecule has 1 aromatic rings. The van der Waals surface area contributed by atoms with Crippen LogP contribution in [0.2, 0.25) is 0 Å². The number of hydrogen-bond donors (Lipinski definition) is 3. The SMILES string of the molecule is O=C(Cc1ccc(NC(=O)OCCCC23CC4CCCC2CC4C3)cc1)NO. The number of rotatable bonds is 7. The third-order valence-electron chi connectivity index (χ3n) is 7.33. The molecule has 0 aliphatic heterocycles. The summed E-state index contributed by atoms with van der Waals surface area (Å²) >= 11 is 0. The molecule has 4 aliphatic rings. The summed E-state index contributed by atoms with van der Waals surface area (Å²) in [5.41, 5.74) is 3.52. The predicted octanol–water partition coefficient (Wildman–Crippen LogP) is 4.28. The van der Waals surface area contributed by atoms with E-state index in [4.69, 9.17) is 9.94 Å². The summed E-state index contributed by atoms with van der Waals surface area (Å²) < 4.78 is 5.39. The zero-order valence-electron chi connectivity index (χ0n) is 16.3. The van der Waals surface area contributed by atoms with E-state index >= 15 is 0 Å². The minimum Gasteiger partial charge on any atom is -0.449 e. The van der Waals surface area contributed by atoms with Crippen LogP contribution in [-0.4, -0.2) is 23.8 Å². The van der Waals surface area contributed by atoms with Gasteiger partial charge in [0.15, 0.2) is 0 Å². The Morgan fingerprint density at radius 2 is 1.93 bits per heavy atom. The van der Waals surface area contributed by atoms with E-state index in [-0.39, 0.29) is 6.42 Å². The standard InChI is InChI=1S/C22H30N2O4/c25-20(24-27)11-15-5-7-19(8-6-15)23-21(26)28-10-2-9-22-13-16-3-1-4-18(22)12-17(16)14-22/h5-8,16-18,27H,1-4,9-14H2,(H,23,26)(H,24,25). The number of nitrogens with one attached hydrogen (secondary N) is 2. The first-order valence-corrected chi connectivity index (χ1v) is 10.5. The zero-order valence-corrected chi connectivity index (χ0v) is 16.3. The monoisotopic (exact) mass is 386 g/mol. The van der Waals surface area contributed by atoms with Crippen molar-refractivity contribution in [1.29, 1.82) is 0 Å². The van der Waals surface area contributed by atoms with E-state index in [2.05, 4.69) is 5.32 Å². The number of fused-ring (bicyclic) bond motifs is 2. The number of hydrogen-bond acceptors (Lipinski definition) is 4. The highest BCUT2D eigenvalue weighted by Gasteiger charge is 2.56. The summed E-state index contributed by atoms with van der Waals surface area (Å²) in [6.45, 7) is 0.463. The number of anilines is 1. The van der Waals surface area contributed by atoms with Crippen LogP contribution in [0, 0.1) is 23.2 Å². The van der Waals surface area contributed by atoms with Crippen LogP contribution in [0.1, 0.15) is 56.9 Å². The van der Waals surface area contributed by atoms with Gasteiger partial charge in [-0.2, -0.15) is 0 Å². The fourth-order valence-corrected chi connectivity index (χ4v) is 6.16. The Labute approximate surface area is 166 Å². The van der Waals surface area contributed by atoms with Crippen molar-refractivity contribution >= 4 is 17.7 Å². The van der Waals surface area contributed by atoms with Crippen LogP contribution in [0.4, 0.5) is 10.5 Å². The Bertz CT molecular complexity index is 720. The number of benzene rings is 1. The Hall–Kier alpha value is -2.08. The fraction of sp³-hybridized carbons (Fsp3) is 0.636. The van der Waals surface area contributed by atoms with Crippen LogP contribution in [0.3, 0.4) is 0 Å². The average molecular weight is 386 g/mol. The van der Waals surface area contributed by atoms with E-state index < -0.39 is 12.0 Å². The summed E-state index contributed by atoms with van der Waals surface area (Å²) in [4.78, 5) is 23.2. The molecule has 0 heterocycles. The van der Waals surface area contributed by atoms with Crippen LogP contribution < -0.4 is 10.8 Å². The molecule has 0 saturated heterocycles. The van der Waals surface area contributed by atoms with Gasteiger partial charge in [-0.05, 0) is 79.4 Å². The predicted molar refractivity (Wildman–Crippen MR) is 105 cm³/mol. The number of ether oxygens (including phenoxy) is 1. The molecule has 3 N–H and O–H groups in total. The molecule has 6 heteroatoms. The molecule has 0 radical (unpaired) electrons. The maximum absolute atomic E-state index is 12.0. The highest BCUT2D eigenvalue weighted by Crippen LogP contribution is 2.66. The van der Waals surface area contributed by atoms with Gasteiger partial charge in [0.05, 0.1) is 13.0 Å². The third kappa shape index (κ3) is 4.02. The van der Waals surface area contributed by atoms with Gasteiger partial charge in [-0.25, -0.2) is 10.3 Å². The second kappa shape index (κ2) is 8.11. The maximum atomic E-state index is 12.0. The van der Waals surface area contributed by atoms with E-state index in [1.165, 1.54) is 44.9 Å². The summed E-state index contributed by atoms with van der Waals surface area (Å²) in [6.07, 6.45) is 10.3. The van der Waals surface area contributed by atoms with Crippen LogP contribution in [-0.2, 0) is 16.0 Å². The second-order valence-corrected chi connectivity index (χ2v) is 8.93. The molecule has 0 aromatic heterocycles. The lowest BCUT2D eigenvalue weighted by Crippen LogP contribution is -2.26. The van der Waals surface area contributed by atoms with Gasteiger partial charge in [-0.15, -0.1) is 0 Å². The molecule has 4 bridgehead atoms. The molecule has 4 aliphatic carbocycles. The highest BCUT2D eigenvalue weighted by atomic mass is 16.5. The van der Waals surface area contributed by atoms with E-state index in [0.717, 1.165) is 29.7 Å². The number of amides is 2. The van der Waals surface area contributed by atoms with Crippen molar-refractivity contribution in [1.82, 2.24) is 5.48 Å². The molecule has 4 atom stereocenters. The molecule has 4 saturated carbocycles. The summed E-state index contributed by atoms with van der Waals surface area (Å²) in [6, 6.07) is 6.91. The molecule has 4 fully saturated rings. The molecule has 5 rings (SSSR count). The van der Waals surface area contributed by atoms with E-state index in [0.29, 0.717) is 17.7 Å². The Balaban J connectivity index is 1.19. The molecular formula is C22H30N2O4.